The van der Waals surface area contributed by atoms with Gasteiger partial charge in [0.1, 0.15) is 0 Å². The number of hydrazine groups is 1. The van der Waals surface area contributed by atoms with Crippen molar-refractivity contribution in [3.05, 3.63) is 84.9 Å². The minimum Gasteiger partial charge on any atom is -0.283 e. The number of hydrogen-bond acceptors (Lipinski definition) is 3. The van der Waals surface area contributed by atoms with Crippen molar-refractivity contribution in [2.45, 2.75) is 0 Å². The molecule has 0 bridgehead atoms. The van der Waals surface area contributed by atoms with Gasteiger partial charge >= 0.3 is 0 Å². The van der Waals surface area contributed by atoms with Crippen molar-refractivity contribution in [2.75, 3.05) is 5.43 Å². The Balaban J connectivity index is 1.70. The standard InChI is InChI=1S/C18H16N4/c1-3-9-15(10-4-1)17-13-7-8-14-18(17)20-22-21-19-16-11-5-2-6-12-16/h1-14H,(H,19,22)(H,20,21). The van der Waals surface area contributed by atoms with Crippen LogP contribution < -0.4 is 11.0 Å². The van der Waals surface area contributed by atoms with E-state index < -0.39 is 0 Å². The van der Waals surface area contributed by atoms with Crippen molar-refractivity contribution < 1.29 is 0 Å². The van der Waals surface area contributed by atoms with Gasteiger partial charge in [0.25, 0.3) is 0 Å². The highest BCUT2D eigenvalue weighted by atomic mass is 15.6. The van der Waals surface area contributed by atoms with Crippen LogP contribution in [-0.4, -0.2) is 0 Å². The molecule has 0 aliphatic carbocycles. The smallest absolute Gasteiger partial charge is 0.0874 e. The van der Waals surface area contributed by atoms with Crippen LogP contribution in [0.25, 0.3) is 11.1 Å². The van der Waals surface area contributed by atoms with Gasteiger partial charge in [-0.05, 0) is 23.8 Å². The quantitative estimate of drug-likeness (QED) is 0.514. The molecule has 0 heterocycles. The van der Waals surface area contributed by atoms with E-state index in [-0.39, 0.29) is 0 Å². The van der Waals surface area contributed by atoms with Crippen LogP contribution in [0, 0.1) is 0 Å². The molecule has 0 saturated carbocycles. The maximum atomic E-state index is 4.08. The third kappa shape index (κ3) is 3.49. The first-order chi connectivity index (χ1) is 10.9. The number of benzene rings is 3. The van der Waals surface area contributed by atoms with Crippen LogP contribution in [-0.2, 0) is 0 Å². The van der Waals surface area contributed by atoms with Gasteiger partial charge in [0.15, 0.2) is 0 Å². The molecular weight excluding hydrogens is 272 g/mol. The Labute approximate surface area is 129 Å². The second-order valence-electron chi connectivity index (χ2n) is 4.68. The molecular formula is C18H16N4. The van der Waals surface area contributed by atoms with E-state index in [9.17, 15) is 0 Å². The third-order valence-corrected chi connectivity index (χ3v) is 3.17. The molecule has 4 nitrogen and oxygen atoms in total. The summed E-state index contributed by atoms with van der Waals surface area (Å²) in [6, 6.07) is 27.8. The van der Waals surface area contributed by atoms with E-state index in [1.54, 1.807) is 0 Å². The molecule has 3 aromatic rings. The Morgan fingerprint density at radius 2 is 1.27 bits per heavy atom. The molecule has 4 heteroatoms. The molecule has 0 radical (unpaired) electrons. The average molecular weight is 288 g/mol. The van der Waals surface area contributed by atoms with E-state index in [2.05, 4.69) is 39.5 Å². The number of hydrogen-bond donors (Lipinski definition) is 2. The summed E-state index contributed by atoms with van der Waals surface area (Å²) in [5.41, 5.74) is 9.83. The molecule has 108 valence electrons. The van der Waals surface area contributed by atoms with E-state index in [0.29, 0.717) is 0 Å². The van der Waals surface area contributed by atoms with Crippen molar-refractivity contribution in [3.63, 3.8) is 0 Å². The molecule has 0 saturated heterocycles. The van der Waals surface area contributed by atoms with Crippen molar-refractivity contribution in [2.24, 2.45) is 10.3 Å². The van der Waals surface area contributed by atoms with Crippen molar-refractivity contribution in [1.29, 1.82) is 0 Å². The van der Waals surface area contributed by atoms with Crippen LogP contribution in [0.5, 0.6) is 0 Å². The summed E-state index contributed by atoms with van der Waals surface area (Å²) in [5.74, 6) is 0. The van der Waals surface area contributed by atoms with Crippen LogP contribution in [0.15, 0.2) is 95.3 Å². The zero-order chi connectivity index (χ0) is 15.0. The highest BCUT2D eigenvalue weighted by Crippen LogP contribution is 2.26. The SMILES string of the molecule is c1ccc(N=NNNc2ccccc2-c2ccccc2)cc1. The molecule has 0 amide bonds. The minimum absolute atomic E-state index is 0.799. The van der Waals surface area contributed by atoms with E-state index in [0.717, 1.165) is 22.5 Å². The van der Waals surface area contributed by atoms with Crippen molar-refractivity contribution >= 4 is 11.4 Å². The van der Waals surface area contributed by atoms with Gasteiger partial charge in [0.2, 0.25) is 0 Å². The van der Waals surface area contributed by atoms with Crippen LogP contribution in [0.3, 0.4) is 0 Å². The fraction of sp³-hybridized carbons (Fsp3) is 0. The van der Waals surface area contributed by atoms with Crippen LogP contribution >= 0.6 is 0 Å². The van der Waals surface area contributed by atoms with Crippen molar-refractivity contribution in [3.8, 4) is 11.1 Å². The second-order valence-corrected chi connectivity index (χ2v) is 4.68. The van der Waals surface area contributed by atoms with Gasteiger partial charge in [-0.15, -0.1) is 5.11 Å². The molecule has 0 spiro atoms. The summed E-state index contributed by atoms with van der Waals surface area (Å²) in [5, 5.41) is 8.01. The van der Waals surface area contributed by atoms with E-state index >= 15 is 0 Å². The first-order valence-corrected chi connectivity index (χ1v) is 7.05. The lowest BCUT2D eigenvalue weighted by molar-refractivity contribution is 0.806. The Kier molecular flexibility index (Phi) is 4.42. The Hall–Kier alpha value is -3.14. The Morgan fingerprint density at radius 1 is 0.636 bits per heavy atom. The Morgan fingerprint density at radius 3 is 2.05 bits per heavy atom. The minimum atomic E-state index is 0.799. The van der Waals surface area contributed by atoms with E-state index in [1.807, 2.05) is 66.7 Å². The molecule has 22 heavy (non-hydrogen) atoms. The fourth-order valence-electron chi connectivity index (χ4n) is 2.12. The van der Waals surface area contributed by atoms with Gasteiger partial charge < -0.3 is 0 Å². The molecule has 0 aromatic heterocycles. The molecule has 0 fully saturated rings. The number of para-hydroxylation sites is 1. The van der Waals surface area contributed by atoms with Gasteiger partial charge in [-0.3, -0.25) is 5.43 Å². The normalized spacial score (nSPS) is 10.5. The predicted molar refractivity (Wildman–Crippen MR) is 89.6 cm³/mol. The summed E-state index contributed by atoms with van der Waals surface area (Å²) in [6.07, 6.45) is 0. The lowest BCUT2D eigenvalue weighted by Gasteiger charge is -2.10. The van der Waals surface area contributed by atoms with Crippen molar-refractivity contribution in [1.82, 2.24) is 5.53 Å². The largest absolute Gasteiger partial charge is 0.283 e. The maximum Gasteiger partial charge on any atom is 0.0874 e. The van der Waals surface area contributed by atoms with E-state index in [4.69, 9.17) is 0 Å². The highest BCUT2D eigenvalue weighted by Gasteiger charge is 2.02. The summed E-state index contributed by atoms with van der Waals surface area (Å²) < 4.78 is 0. The zero-order valence-corrected chi connectivity index (χ0v) is 12.0. The topological polar surface area (TPSA) is 48.8 Å². The first-order valence-electron chi connectivity index (χ1n) is 7.05. The zero-order valence-electron chi connectivity index (χ0n) is 12.0. The van der Waals surface area contributed by atoms with Gasteiger partial charge in [-0.25, -0.2) is 5.53 Å². The van der Waals surface area contributed by atoms with Crippen LogP contribution in [0.4, 0.5) is 11.4 Å². The fourth-order valence-corrected chi connectivity index (χ4v) is 2.12. The summed E-state index contributed by atoms with van der Waals surface area (Å²) >= 11 is 0. The highest BCUT2D eigenvalue weighted by molar-refractivity contribution is 5.77. The average Bonchev–Trinajstić information content (AvgIpc) is 2.61. The summed E-state index contributed by atoms with van der Waals surface area (Å²) in [6.45, 7) is 0. The third-order valence-electron chi connectivity index (χ3n) is 3.17. The lowest BCUT2D eigenvalue weighted by atomic mass is 10.0. The van der Waals surface area contributed by atoms with Crippen LogP contribution in [0.1, 0.15) is 0 Å². The number of nitrogens with one attached hydrogen (secondary N) is 2. The molecule has 0 atom stereocenters. The predicted octanol–water partition coefficient (Wildman–Crippen LogP) is 4.97. The molecule has 3 aromatic carbocycles. The number of rotatable bonds is 5. The maximum absolute atomic E-state index is 4.08. The first kappa shape index (κ1) is 13.8. The van der Waals surface area contributed by atoms with Gasteiger partial charge in [0.05, 0.1) is 11.4 Å². The molecule has 0 unspecified atom stereocenters. The lowest BCUT2D eigenvalue weighted by Crippen LogP contribution is -2.14. The Bertz CT molecular complexity index is 739. The number of anilines is 1. The van der Waals surface area contributed by atoms with Gasteiger partial charge in [-0.2, -0.15) is 0 Å². The summed E-state index contributed by atoms with van der Waals surface area (Å²) in [7, 11) is 0. The summed E-state index contributed by atoms with van der Waals surface area (Å²) in [4.78, 5) is 0. The van der Waals surface area contributed by atoms with Crippen LogP contribution in [0.2, 0.25) is 0 Å². The molecule has 0 aliphatic heterocycles. The monoisotopic (exact) mass is 288 g/mol. The van der Waals surface area contributed by atoms with Gasteiger partial charge in [0, 0.05) is 5.56 Å². The van der Waals surface area contributed by atoms with E-state index in [1.165, 1.54) is 0 Å². The second kappa shape index (κ2) is 7.04. The molecule has 3 rings (SSSR count). The molecule has 0 aliphatic rings. The number of nitrogens with zero attached hydrogens (tertiary/aromatic N) is 2. The van der Waals surface area contributed by atoms with Gasteiger partial charge in [-0.1, -0.05) is 72.0 Å². The molecule has 2 N–H and O–H groups in total.